The summed E-state index contributed by atoms with van der Waals surface area (Å²) in [5.41, 5.74) is 2.51. The highest BCUT2D eigenvalue weighted by Gasteiger charge is 2.38. The smallest absolute Gasteiger partial charge is 0.231 e. The number of Topliss-reactive ketones (excluding diaryl/α,β-unsaturated/α-hetero) is 1. The van der Waals surface area contributed by atoms with Gasteiger partial charge in [-0.1, -0.05) is 34.6 Å². The molecule has 1 amide bonds. The maximum atomic E-state index is 12.8. The van der Waals surface area contributed by atoms with E-state index < -0.39 is 12.1 Å². The van der Waals surface area contributed by atoms with Gasteiger partial charge in [0, 0.05) is 31.0 Å². The molecular weight excluding hydrogens is 388 g/mol. The second kappa shape index (κ2) is 8.58. The zero-order valence-corrected chi connectivity index (χ0v) is 16.5. The molecule has 30 heavy (non-hydrogen) atoms. The largest absolute Gasteiger partial charge is 0.391 e. The minimum absolute atomic E-state index is 0.0227. The third-order valence-corrected chi connectivity index (χ3v) is 5.21. The second-order valence-electron chi connectivity index (χ2n) is 7.48. The Morgan fingerprint density at radius 1 is 1.23 bits per heavy atom. The van der Waals surface area contributed by atoms with Crippen LogP contribution in [-0.2, 0) is 22.4 Å². The van der Waals surface area contributed by atoms with Crippen molar-refractivity contribution < 1.29 is 23.7 Å². The van der Waals surface area contributed by atoms with Gasteiger partial charge in [0.1, 0.15) is 5.76 Å². The van der Waals surface area contributed by atoms with Gasteiger partial charge in [-0.3, -0.25) is 9.59 Å². The molecule has 3 heterocycles. The summed E-state index contributed by atoms with van der Waals surface area (Å²) >= 11 is 0. The second-order valence-corrected chi connectivity index (χ2v) is 7.48. The molecule has 2 atom stereocenters. The van der Waals surface area contributed by atoms with Gasteiger partial charge in [-0.05, 0) is 18.9 Å². The van der Waals surface area contributed by atoms with Gasteiger partial charge >= 0.3 is 0 Å². The number of β-amino-alcohol motifs (C(OH)–C–C–N with tert-alkyl or cyclic N) is 1. The van der Waals surface area contributed by atoms with Gasteiger partial charge in [0.25, 0.3) is 0 Å². The Kier molecular flexibility index (Phi) is 5.71. The van der Waals surface area contributed by atoms with E-state index in [-0.39, 0.29) is 37.5 Å². The average molecular weight is 410 g/mol. The number of benzene rings is 1. The Bertz CT molecular complexity index is 1010. The molecule has 0 spiro atoms. The fourth-order valence-electron chi connectivity index (χ4n) is 3.70. The first-order chi connectivity index (χ1) is 14.5. The SMILES string of the molecule is Cc1cc(CC(=O)N2C[C@H](O)C[C@H]2C(=O)CCc2ccc(-c3ncon3)cc2)on1. The van der Waals surface area contributed by atoms with Crippen LogP contribution in [0.1, 0.15) is 29.9 Å². The van der Waals surface area contributed by atoms with E-state index in [9.17, 15) is 14.7 Å². The first-order valence-corrected chi connectivity index (χ1v) is 9.77. The van der Waals surface area contributed by atoms with Crippen molar-refractivity contribution in [3.63, 3.8) is 0 Å². The van der Waals surface area contributed by atoms with Crippen LogP contribution >= 0.6 is 0 Å². The number of carbonyl (C=O) groups excluding carboxylic acids is 2. The van der Waals surface area contributed by atoms with Crippen molar-refractivity contribution in [1.82, 2.24) is 20.2 Å². The van der Waals surface area contributed by atoms with Crippen molar-refractivity contribution in [1.29, 1.82) is 0 Å². The predicted octanol–water partition coefficient (Wildman–Crippen LogP) is 1.74. The Hall–Kier alpha value is -3.33. The Morgan fingerprint density at radius 3 is 2.70 bits per heavy atom. The quantitative estimate of drug-likeness (QED) is 0.625. The molecule has 1 saturated heterocycles. The number of hydrogen-bond acceptors (Lipinski definition) is 8. The summed E-state index contributed by atoms with van der Waals surface area (Å²) in [4.78, 5) is 30.9. The molecule has 1 fully saturated rings. The lowest BCUT2D eigenvalue weighted by Gasteiger charge is -2.23. The van der Waals surface area contributed by atoms with Crippen LogP contribution in [0.4, 0.5) is 0 Å². The number of amides is 1. The molecular formula is C21H22N4O5. The molecule has 1 aromatic carbocycles. The van der Waals surface area contributed by atoms with Gasteiger partial charge in [0.05, 0.1) is 24.3 Å². The molecule has 156 valence electrons. The summed E-state index contributed by atoms with van der Waals surface area (Å²) in [7, 11) is 0. The van der Waals surface area contributed by atoms with Crippen molar-refractivity contribution in [2.45, 2.75) is 44.8 Å². The monoisotopic (exact) mass is 410 g/mol. The molecule has 1 aliphatic heterocycles. The Balaban J connectivity index is 1.36. The summed E-state index contributed by atoms with van der Waals surface area (Å²) < 4.78 is 9.84. The highest BCUT2D eigenvalue weighted by molar-refractivity contribution is 5.90. The number of carbonyl (C=O) groups is 2. The zero-order valence-electron chi connectivity index (χ0n) is 16.5. The molecule has 0 unspecified atom stereocenters. The van der Waals surface area contributed by atoms with Crippen molar-refractivity contribution >= 4 is 11.7 Å². The number of aryl methyl sites for hydroxylation is 2. The number of rotatable bonds is 7. The summed E-state index contributed by atoms with van der Waals surface area (Å²) in [6, 6.07) is 8.66. The summed E-state index contributed by atoms with van der Waals surface area (Å²) in [6.45, 7) is 1.93. The van der Waals surface area contributed by atoms with E-state index in [1.807, 2.05) is 24.3 Å². The van der Waals surface area contributed by atoms with E-state index >= 15 is 0 Å². The lowest BCUT2D eigenvalue weighted by atomic mass is 10.0. The molecule has 0 saturated carbocycles. The molecule has 2 aromatic heterocycles. The predicted molar refractivity (Wildman–Crippen MR) is 104 cm³/mol. The normalized spacial score (nSPS) is 18.7. The number of nitrogens with zero attached hydrogens (tertiary/aromatic N) is 4. The Labute approximate surface area is 172 Å². The maximum absolute atomic E-state index is 12.8. The van der Waals surface area contributed by atoms with E-state index in [1.165, 1.54) is 11.3 Å². The van der Waals surface area contributed by atoms with Crippen molar-refractivity contribution in [2.75, 3.05) is 6.54 Å². The molecule has 3 aromatic rings. The highest BCUT2D eigenvalue weighted by atomic mass is 16.5. The number of hydrogen-bond donors (Lipinski definition) is 1. The minimum Gasteiger partial charge on any atom is -0.391 e. The van der Waals surface area contributed by atoms with E-state index in [0.29, 0.717) is 23.7 Å². The zero-order chi connectivity index (χ0) is 21.1. The number of aromatic nitrogens is 3. The fraction of sp³-hybridized carbons (Fsp3) is 0.381. The average Bonchev–Trinajstić information content (AvgIpc) is 3.48. The minimum atomic E-state index is -0.700. The molecule has 0 aliphatic carbocycles. The fourth-order valence-corrected chi connectivity index (χ4v) is 3.70. The van der Waals surface area contributed by atoms with E-state index in [1.54, 1.807) is 13.0 Å². The molecule has 1 N–H and O–H groups in total. The first-order valence-electron chi connectivity index (χ1n) is 9.77. The van der Waals surface area contributed by atoms with Crippen LogP contribution in [0, 0.1) is 6.92 Å². The maximum Gasteiger partial charge on any atom is 0.231 e. The van der Waals surface area contributed by atoms with Crippen LogP contribution < -0.4 is 0 Å². The third kappa shape index (κ3) is 4.46. The van der Waals surface area contributed by atoms with Gasteiger partial charge in [-0.15, -0.1) is 0 Å². The molecule has 4 rings (SSSR count). The van der Waals surface area contributed by atoms with Crippen LogP contribution in [0.2, 0.25) is 0 Å². The lowest BCUT2D eigenvalue weighted by molar-refractivity contribution is -0.137. The van der Waals surface area contributed by atoms with Gasteiger partial charge in [0.15, 0.2) is 5.78 Å². The van der Waals surface area contributed by atoms with Gasteiger partial charge < -0.3 is 19.1 Å². The summed E-state index contributed by atoms with van der Waals surface area (Å²) in [6.07, 6.45) is 1.68. The topological polar surface area (TPSA) is 123 Å². The van der Waals surface area contributed by atoms with Crippen LogP contribution in [0.15, 0.2) is 45.8 Å². The Morgan fingerprint density at radius 2 is 2.03 bits per heavy atom. The summed E-state index contributed by atoms with van der Waals surface area (Å²) in [5.74, 6) is 0.655. The van der Waals surface area contributed by atoms with E-state index in [2.05, 4.69) is 15.3 Å². The standard InChI is InChI=1S/C21H22N4O5/c1-13-8-17(30-23-13)10-20(28)25-11-16(26)9-18(25)19(27)7-4-14-2-5-15(6-3-14)21-22-12-29-24-21/h2-3,5-6,8,12,16,18,26H,4,7,9-11H2,1H3/t16-,18+/m1/s1. The number of ketones is 1. The number of aliphatic hydroxyl groups is 1. The number of likely N-dealkylation sites (tertiary alicyclic amines) is 1. The van der Waals surface area contributed by atoms with Crippen LogP contribution in [-0.4, -0.2) is 55.7 Å². The van der Waals surface area contributed by atoms with Crippen molar-refractivity contribution in [2.24, 2.45) is 0 Å². The highest BCUT2D eigenvalue weighted by Crippen LogP contribution is 2.23. The molecule has 9 nitrogen and oxygen atoms in total. The van der Waals surface area contributed by atoms with Gasteiger partial charge in [0.2, 0.25) is 18.1 Å². The van der Waals surface area contributed by atoms with Gasteiger partial charge in [-0.25, -0.2) is 0 Å². The third-order valence-electron chi connectivity index (χ3n) is 5.21. The lowest BCUT2D eigenvalue weighted by Crippen LogP contribution is -2.41. The molecule has 0 bridgehead atoms. The van der Waals surface area contributed by atoms with Crippen molar-refractivity contribution in [3.8, 4) is 11.4 Å². The van der Waals surface area contributed by atoms with Crippen LogP contribution in [0.25, 0.3) is 11.4 Å². The van der Waals surface area contributed by atoms with Gasteiger partial charge in [-0.2, -0.15) is 4.98 Å². The summed E-state index contributed by atoms with van der Waals surface area (Å²) in [5, 5.41) is 17.6. The molecule has 1 aliphatic rings. The number of aliphatic hydroxyl groups excluding tert-OH is 1. The van der Waals surface area contributed by atoms with E-state index in [0.717, 1.165) is 11.1 Å². The molecule has 0 radical (unpaired) electrons. The molecule has 9 heteroatoms. The van der Waals surface area contributed by atoms with E-state index in [4.69, 9.17) is 9.05 Å². The van der Waals surface area contributed by atoms with Crippen molar-refractivity contribution in [3.05, 3.63) is 53.7 Å². The van der Waals surface area contributed by atoms with Crippen LogP contribution in [0.5, 0.6) is 0 Å². The first kappa shape index (κ1) is 20.0. The van der Waals surface area contributed by atoms with Crippen LogP contribution in [0.3, 0.4) is 0 Å².